The normalized spacial score (nSPS) is 11.1. The van der Waals surface area contributed by atoms with Crippen LogP contribution in [0.25, 0.3) is 0 Å². The Balaban J connectivity index is 1.89. The van der Waals surface area contributed by atoms with E-state index in [-0.39, 0.29) is 4.90 Å². The maximum Gasteiger partial charge on any atom is 0.261 e. The highest BCUT2D eigenvalue weighted by Crippen LogP contribution is 2.27. The van der Waals surface area contributed by atoms with Gasteiger partial charge in [0.1, 0.15) is 17.9 Å². The average Bonchev–Trinajstić information content (AvgIpc) is 2.68. The molecule has 0 unspecified atom stereocenters. The number of methoxy groups -OCH3 is 1. The number of aryl methyl sites for hydroxylation is 2. The van der Waals surface area contributed by atoms with Gasteiger partial charge in [-0.1, -0.05) is 13.0 Å². The van der Waals surface area contributed by atoms with Crippen LogP contribution >= 0.6 is 0 Å². The number of hydrogen-bond acceptors (Lipinski definition) is 6. The minimum absolute atomic E-state index is 0.167. The number of benzene rings is 2. The SMILES string of the molecule is CCc1ccc(Nc2cc(C)ncn2)cc1NS(=O)(=O)c1ccc(OC)cc1. The van der Waals surface area contributed by atoms with Crippen LogP contribution in [0.1, 0.15) is 18.2 Å². The molecule has 7 nitrogen and oxygen atoms in total. The Morgan fingerprint density at radius 1 is 1.04 bits per heavy atom. The summed E-state index contributed by atoms with van der Waals surface area (Å²) >= 11 is 0. The molecule has 146 valence electrons. The molecule has 0 aliphatic heterocycles. The number of aromatic nitrogens is 2. The van der Waals surface area contributed by atoms with Crippen LogP contribution < -0.4 is 14.8 Å². The fourth-order valence-corrected chi connectivity index (χ4v) is 3.78. The summed E-state index contributed by atoms with van der Waals surface area (Å²) < 4.78 is 33.4. The Labute approximate surface area is 164 Å². The van der Waals surface area contributed by atoms with Gasteiger partial charge in [0.25, 0.3) is 10.0 Å². The van der Waals surface area contributed by atoms with E-state index in [1.807, 2.05) is 32.0 Å². The number of nitrogens with zero attached hydrogens (tertiary/aromatic N) is 2. The summed E-state index contributed by atoms with van der Waals surface area (Å²) in [5, 5.41) is 3.17. The molecular weight excluding hydrogens is 376 g/mol. The summed E-state index contributed by atoms with van der Waals surface area (Å²) in [7, 11) is -2.19. The molecule has 3 rings (SSSR count). The molecule has 0 radical (unpaired) electrons. The first-order valence-electron chi connectivity index (χ1n) is 8.76. The first-order chi connectivity index (χ1) is 13.4. The molecule has 0 amide bonds. The fraction of sp³-hybridized carbons (Fsp3) is 0.200. The highest BCUT2D eigenvalue weighted by Gasteiger charge is 2.16. The zero-order valence-electron chi connectivity index (χ0n) is 15.9. The monoisotopic (exact) mass is 398 g/mol. The molecule has 8 heteroatoms. The van der Waals surface area contributed by atoms with Crippen molar-refractivity contribution in [2.24, 2.45) is 0 Å². The average molecular weight is 398 g/mol. The predicted molar refractivity (Wildman–Crippen MR) is 110 cm³/mol. The molecular formula is C20H22N4O3S. The Hall–Kier alpha value is -3.13. The molecule has 28 heavy (non-hydrogen) atoms. The van der Waals surface area contributed by atoms with E-state index in [9.17, 15) is 8.42 Å². The predicted octanol–water partition coefficient (Wildman–Crippen LogP) is 3.90. The van der Waals surface area contributed by atoms with Crippen LogP contribution in [0.2, 0.25) is 0 Å². The maximum atomic E-state index is 12.8. The summed E-state index contributed by atoms with van der Waals surface area (Å²) in [4.78, 5) is 8.41. The third-order valence-electron chi connectivity index (χ3n) is 4.18. The number of rotatable bonds is 7. The van der Waals surface area contributed by atoms with Gasteiger partial charge in [-0.05, 0) is 55.3 Å². The lowest BCUT2D eigenvalue weighted by molar-refractivity contribution is 0.414. The van der Waals surface area contributed by atoms with Gasteiger partial charge < -0.3 is 10.1 Å². The lowest BCUT2D eigenvalue weighted by Gasteiger charge is -2.14. The van der Waals surface area contributed by atoms with Crippen molar-refractivity contribution >= 4 is 27.2 Å². The fourth-order valence-electron chi connectivity index (χ4n) is 2.69. The minimum Gasteiger partial charge on any atom is -0.497 e. The van der Waals surface area contributed by atoms with E-state index in [2.05, 4.69) is 20.0 Å². The zero-order valence-corrected chi connectivity index (χ0v) is 16.7. The summed E-state index contributed by atoms with van der Waals surface area (Å²) in [6, 6.07) is 13.6. The lowest BCUT2D eigenvalue weighted by atomic mass is 10.1. The largest absolute Gasteiger partial charge is 0.497 e. The number of nitrogens with one attached hydrogen (secondary N) is 2. The van der Waals surface area contributed by atoms with Gasteiger partial charge in [-0.3, -0.25) is 4.72 Å². The summed E-state index contributed by atoms with van der Waals surface area (Å²) in [6.07, 6.45) is 2.17. The van der Waals surface area contributed by atoms with Crippen LogP contribution in [-0.4, -0.2) is 25.5 Å². The van der Waals surface area contributed by atoms with Crippen LogP contribution in [0.5, 0.6) is 5.75 Å². The highest BCUT2D eigenvalue weighted by atomic mass is 32.2. The lowest BCUT2D eigenvalue weighted by Crippen LogP contribution is -2.14. The van der Waals surface area contributed by atoms with Gasteiger partial charge >= 0.3 is 0 Å². The van der Waals surface area contributed by atoms with Crippen molar-refractivity contribution < 1.29 is 13.2 Å². The molecule has 0 fully saturated rings. The Kier molecular flexibility index (Phi) is 5.79. The molecule has 0 bridgehead atoms. The van der Waals surface area contributed by atoms with Crippen molar-refractivity contribution in [3.8, 4) is 5.75 Å². The highest BCUT2D eigenvalue weighted by molar-refractivity contribution is 7.92. The van der Waals surface area contributed by atoms with E-state index in [0.29, 0.717) is 23.7 Å². The van der Waals surface area contributed by atoms with Gasteiger partial charge in [0.15, 0.2) is 0 Å². The molecule has 1 heterocycles. The van der Waals surface area contributed by atoms with Crippen molar-refractivity contribution in [2.45, 2.75) is 25.2 Å². The molecule has 0 spiro atoms. The van der Waals surface area contributed by atoms with Gasteiger partial charge in [-0.25, -0.2) is 18.4 Å². The molecule has 3 aromatic rings. The second-order valence-corrected chi connectivity index (χ2v) is 7.86. The van der Waals surface area contributed by atoms with E-state index < -0.39 is 10.0 Å². The van der Waals surface area contributed by atoms with Crippen molar-refractivity contribution in [3.05, 3.63) is 66.1 Å². The van der Waals surface area contributed by atoms with E-state index in [1.165, 1.54) is 25.6 Å². The standard InChI is InChI=1S/C20H22N4O3S/c1-4-15-5-6-16(23-20-11-14(2)21-13-22-20)12-19(15)24-28(25,26)18-9-7-17(27-3)8-10-18/h5-13,24H,4H2,1-3H3,(H,21,22,23). The Morgan fingerprint density at radius 2 is 1.79 bits per heavy atom. The van der Waals surface area contributed by atoms with Gasteiger partial charge in [0.2, 0.25) is 0 Å². The molecule has 2 aromatic carbocycles. The van der Waals surface area contributed by atoms with Gasteiger partial charge in [-0.15, -0.1) is 0 Å². The first-order valence-corrected chi connectivity index (χ1v) is 10.2. The van der Waals surface area contributed by atoms with Gasteiger partial charge in [0.05, 0.1) is 17.7 Å². The van der Waals surface area contributed by atoms with Crippen LogP contribution in [-0.2, 0) is 16.4 Å². The van der Waals surface area contributed by atoms with E-state index in [1.54, 1.807) is 18.2 Å². The number of ether oxygens (including phenoxy) is 1. The summed E-state index contributed by atoms with van der Waals surface area (Å²) in [6.45, 7) is 3.85. The van der Waals surface area contributed by atoms with Crippen LogP contribution in [0.15, 0.2) is 59.8 Å². The van der Waals surface area contributed by atoms with Crippen molar-refractivity contribution in [1.29, 1.82) is 0 Å². The van der Waals surface area contributed by atoms with E-state index in [4.69, 9.17) is 4.74 Å². The molecule has 1 aromatic heterocycles. The molecule has 0 saturated carbocycles. The molecule has 2 N–H and O–H groups in total. The quantitative estimate of drug-likeness (QED) is 0.627. The second kappa shape index (κ2) is 8.26. The van der Waals surface area contributed by atoms with Crippen molar-refractivity contribution in [2.75, 3.05) is 17.1 Å². The van der Waals surface area contributed by atoms with E-state index in [0.717, 1.165) is 16.9 Å². The minimum atomic E-state index is -3.73. The Morgan fingerprint density at radius 3 is 2.43 bits per heavy atom. The first kappa shape index (κ1) is 19.6. The second-order valence-electron chi connectivity index (χ2n) is 6.18. The van der Waals surface area contributed by atoms with Gasteiger partial charge in [-0.2, -0.15) is 0 Å². The van der Waals surface area contributed by atoms with Crippen LogP contribution in [0, 0.1) is 6.92 Å². The third-order valence-corrected chi connectivity index (χ3v) is 5.56. The van der Waals surface area contributed by atoms with Gasteiger partial charge in [0, 0.05) is 17.4 Å². The van der Waals surface area contributed by atoms with E-state index >= 15 is 0 Å². The molecule has 0 aliphatic carbocycles. The van der Waals surface area contributed by atoms with Crippen LogP contribution in [0.3, 0.4) is 0 Å². The Bertz CT molecular complexity index is 1070. The number of anilines is 3. The third kappa shape index (κ3) is 4.58. The molecule has 0 saturated heterocycles. The van der Waals surface area contributed by atoms with Crippen molar-refractivity contribution in [3.63, 3.8) is 0 Å². The van der Waals surface area contributed by atoms with Crippen LogP contribution in [0.4, 0.5) is 17.2 Å². The smallest absolute Gasteiger partial charge is 0.261 e. The van der Waals surface area contributed by atoms with Crippen molar-refractivity contribution in [1.82, 2.24) is 9.97 Å². The topological polar surface area (TPSA) is 93.2 Å². The zero-order chi connectivity index (χ0) is 20.1. The maximum absolute atomic E-state index is 12.8. The summed E-state index contributed by atoms with van der Waals surface area (Å²) in [5.41, 5.74) is 2.97. The number of sulfonamides is 1. The summed E-state index contributed by atoms with van der Waals surface area (Å²) in [5.74, 6) is 1.24. The molecule has 0 aliphatic rings. The number of hydrogen-bond donors (Lipinski definition) is 2. The molecule has 0 atom stereocenters.